The summed E-state index contributed by atoms with van der Waals surface area (Å²) in [7, 11) is 1.57. The lowest BCUT2D eigenvalue weighted by Crippen LogP contribution is -2.45. The number of hydrogen-bond acceptors (Lipinski definition) is 3. The monoisotopic (exact) mass is 214 g/mol. The average molecular weight is 214 g/mol. The number of ether oxygens (including phenoxy) is 1. The van der Waals surface area contributed by atoms with E-state index in [1.54, 1.807) is 7.11 Å². The summed E-state index contributed by atoms with van der Waals surface area (Å²) in [6.45, 7) is 4.24. The van der Waals surface area contributed by atoms with Crippen LogP contribution in [0.25, 0.3) is 0 Å². The standard InChI is InChI=1S/C11H22N2O2/c1-3-4-9-5-6-13(7-9)11(14)10(12)8-15-2/h9-10H,3-8,12H2,1-2H3. The lowest BCUT2D eigenvalue weighted by molar-refractivity contribution is -0.132. The first-order chi connectivity index (χ1) is 7.19. The molecule has 1 aliphatic heterocycles. The molecule has 1 fully saturated rings. The van der Waals surface area contributed by atoms with Crippen LogP contribution in [0.15, 0.2) is 0 Å². The van der Waals surface area contributed by atoms with E-state index >= 15 is 0 Å². The van der Waals surface area contributed by atoms with Gasteiger partial charge in [-0.2, -0.15) is 0 Å². The molecular formula is C11H22N2O2. The first-order valence-electron chi connectivity index (χ1n) is 5.72. The second kappa shape index (κ2) is 6.08. The number of amides is 1. The first kappa shape index (κ1) is 12.5. The van der Waals surface area contributed by atoms with Crippen molar-refractivity contribution in [1.29, 1.82) is 0 Å². The molecule has 2 N–H and O–H groups in total. The molecule has 1 heterocycles. The van der Waals surface area contributed by atoms with Crippen LogP contribution in [0.5, 0.6) is 0 Å². The Morgan fingerprint density at radius 3 is 3.00 bits per heavy atom. The molecule has 4 heteroatoms. The Morgan fingerprint density at radius 1 is 1.67 bits per heavy atom. The summed E-state index contributed by atoms with van der Waals surface area (Å²) < 4.78 is 4.89. The van der Waals surface area contributed by atoms with Crippen LogP contribution in [0, 0.1) is 5.92 Å². The SMILES string of the molecule is CCCC1CCN(C(=O)C(N)COC)C1. The van der Waals surface area contributed by atoms with Gasteiger partial charge >= 0.3 is 0 Å². The van der Waals surface area contributed by atoms with Crippen LogP contribution in [-0.4, -0.2) is 43.7 Å². The number of nitrogens with zero attached hydrogens (tertiary/aromatic N) is 1. The minimum absolute atomic E-state index is 0.0375. The lowest BCUT2D eigenvalue weighted by Gasteiger charge is -2.20. The fourth-order valence-corrected chi connectivity index (χ4v) is 2.16. The lowest BCUT2D eigenvalue weighted by atomic mass is 10.0. The van der Waals surface area contributed by atoms with Crippen molar-refractivity contribution in [2.75, 3.05) is 26.8 Å². The van der Waals surface area contributed by atoms with Crippen LogP contribution in [0.1, 0.15) is 26.2 Å². The van der Waals surface area contributed by atoms with Gasteiger partial charge in [0.25, 0.3) is 0 Å². The Kier molecular flexibility index (Phi) is 5.05. The number of hydrogen-bond donors (Lipinski definition) is 1. The summed E-state index contributed by atoms with van der Waals surface area (Å²) in [4.78, 5) is 13.7. The van der Waals surface area contributed by atoms with Gasteiger partial charge in [0.05, 0.1) is 6.61 Å². The number of methoxy groups -OCH3 is 1. The van der Waals surface area contributed by atoms with Gasteiger partial charge in [0.2, 0.25) is 5.91 Å². The molecule has 0 radical (unpaired) electrons. The van der Waals surface area contributed by atoms with E-state index in [9.17, 15) is 4.79 Å². The number of carbonyl (C=O) groups excluding carboxylic acids is 1. The Morgan fingerprint density at radius 2 is 2.40 bits per heavy atom. The second-order valence-corrected chi connectivity index (χ2v) is 4.29. The molecule has 0 bridgehead atoms. The molecule has 0 aliphatic carbocycles. The number of carbonyl (C=O) groups is 1. The molecule has 88 valence electrons. The smallest absolute Gasteiger partial charge is 0.241 e. The fourth-order valence-electron chi connectivity index (χ4n) is 2.16. The van der Waals surface area contributed by atoms with Crippen molar-refractivity contribution < 1.29 is 9.53 Å². The van der Waals surface area contributed by atoms with E-state index in [-0.39, 0.29) is 5.91 Å². The van der Waals surface area contributed by atoms with E-state index in [0.717, 1.165) is 19.5 Å². The maximum atomic E-state index is 11.8. The molecule has 15 heavy (non-hydrogen) atoms. The summed E-state index contributed by atoms with van der Waals surface area (Å²) in [6.07, 6.45) is 3.53. The quantitative estimate of drug-likeness (QED) is 0.729. The zero-order valence-corrected chi connectivity index (χ0v) is 9.74. The van der Waals surface area contributed by atoms with Crippen LogP contribution in [0.3, 0.4) is 0 Å². The van der Waals surface area contributed by atoms with E-state index in [1.807, 2.05) is 4.90 Å². The van der Waals surface area contributed by atoms with Gasteiger partial charge in [-0.3, -0.25) is 4.79 Å². The van der Waals surface area contributed by atoms with Crippen LogP contribution in [-0.2, 0) is 9.53 Å². The molecule has 1 saturated heterocycles. The molecule has 0 aromatic heterocycles. The third-order valence-electron chi connectivity index (χ3n) is 2.96. The third kappa shape index (κ3) is 3.47. The first-order valence-corrected chi connectivity index (χ1v) is 5.72. The average Bonchev–Trinajstić information content (AvgIpc) is 2.66. The molecular weight excluding hydrogens is 192 g/mol. The van der Waals surface area contributed by atoms with E-state index in [4.69, 9.17) is 10.5 Å². The summed E-state index contributed by atoms with van der Waals surface area (Å²) in [5.74, 6) is 0.712. The van der Waals surface area contributed by atoms with E-state index in [0.29, 0.717) is 12.5 Å². The number of likely N-dealkylation sites (tertiary alicyclic amines) is 1. The van der Waals surface area contributed by atoms with E-state index in [2.05, 4.69) is 6.92 Å². The topological polar surface area (TPSA) is 55.6 Å². The van der Waals surface area contributed by atoms with Gasteiger partial charge in [0, 0.05) is 20.2 Å². The predicted molar refractivity (Wildman–Crippen MR) is 59.4 cm³/mol. The van der Waals surface area contributed by atoms with Crippen molar-refractivity contribution in [1.82, 2.24) is 4.90 Å². The highest BCUT2D eigenvalue weighted by atomic mass is 16.5. The summed E-state index contributed by atoms with van der Waals surface area (Å²) in [5, 5.41) is 0. The molecule has 4 nitrogen and oxygen atoms in total. The molecule has 1 rings (SSSR count). The third-order valence-corrected chi connectivity index (χ3v) is 2.96. The van der Waals surface area contributed by atoms with Crippen LogP contribution < -0.4 is 5.73 Å². The fraction of sp³-hybridized carbons (Fsp3) is 0.909. The van der Waals surface area contributed by atoms with Crippen molar-refractivity contribution in [3.63, 3.8) is 0 Å². The molecule has 0 aromatic rings. The highest BCUT2D eigenvalue weighted by Gasteiger charge is 2.28. The van der Waals surface area contributed by atoms with Crippen molar-refractivity contribution in [2.24, 2.45) is 11.7 Å². The number of rotatable bonds is 5. The highest BCUT2D eigenvalue weighted by Crippen LogP contribution is 2.21. The summed E-state index contributed by atoms with van der Waals surface area (Å²) in [6, 6.07) is -0.490. The van der Waals surface area contributed by atoms with Gasteiger partial charge in [-0.15, -0.1) is 0 Å². The minimum atomic E-state index is -0.490. The predicted octanol–water partition coefficient (Wildman–Crippen LogP) is 0.609. The van der Waals surface area contributed by atoms with Gasteiger partial charge in [-0.1, -0.05) is 13.3 Å². The molecule has 1 amide bonds. The maximum absolute atomic E-state index is 11.8. The Balaban J connectivity index is 2.35. The van der Waals surface area contributed by atoms with Crippen LogP contribution in [0.2, 0.25) is 0 Å². The van der Waals surface area contributed by atoms with E-state index in [1.165, 1.54) is 12.8 Å². The molecule has 2 atom stereocenters. The van der Waals surface area contributed by atoms with Gasteiger partial charge in [0.15, 0.2) is 0 Å². The Hall–Kier alpha value is -0.610. The summed E-state index contributed by atoms with van der Waals surface area (Å²) in [5.41, 5.74) is 5.71. The summed E-state index contributed by atoms with van der Waals surface area (Å²) >= 11 is 0. The molecule has 0 saturated carbocycles. The zero-order valence-electron chi connectivity index (χ0n) is 9.74. The largest absolute Gasteiger partial charge is 0.383 e. The Bertz CT molecular complexity index is 209. The van der Waals surface area contributed by atoms with Crippen molar-refractivity contribution in [3.05, 3.63) is 0 Å². The molecule has 1 aliphatic rings. The van der Waals surface area contributed by atoms with E-state index < -0.39 is 6.04 Å². The van der Waals surface area contributed by atoms with Gasteiger partial charge < -0.3 is 15.4 Å². The van der Waals surface area contributed by atoms with Crippen molar-refractivity contribution in [3.8, 4) is 0 Å². The van der Waals surface area contributed by atoms with Crippen LogP contribution in [0.4, 0.5) is 0 Å². The molecule has 0 aromatic carbocycles. The number of nitrogens with two attached hydrogens (primary N) is 1. The minimum Gasteiger partial charge on any atom is -0.383 e. The van der Waals surface area contributed by atoms with Gasteiger partial charge in [-0.05, 0) is 18.8 Å². The zero-order chi connectivity index (χ0) is 11.3. The van der Waals surface area contributed by atoms with Crippen LogP contribution >= 0.6 is 0 Å². The van der Waals surface area contributed by atoms with Gasteiger partial charge in [0.1, 0.15) is 6.04 Å². The van der Waals surface area contributed by atoms with Crippen molar-refractivity contribution in [2.45, 2.75) is 32.2 Å². The maximum Gasteiger partial charge on any atom is 0.241 e. The molecule has 0 spiro atoms. The molecule has 2 unspecified atom stereocenters. The van der Waals surface area contributed by atoms with Crippen molar-refractivity contribution >= 4 is 5.91 Å². The van der Waals surface area contributed by atoms with Gasteiger partial charge in [-0.25, -0.2) is 0 Å². The second-order valence-electron chi connectivity index (χ2n) is 4.29. The Labute approximate surface area is 91.8 Å². The highest BCUT2D eigenvalue weighted by molar-refractivity contribution is 5.82. The normalized spacial score (nSPS) is 23.1.